The van der Waals surface area contributed by atoms with E-state index in [0.717, 1.165) is 29.1 Å². The second-order valence-corrected chi connectivity index (χ2v) is 4.96. The van der Waals surface area contributed by atoms with Gasteiger partial charge >= 0.3 is 0 Å². The van der Waals surface area contributed by atoms with E-state index in [1.165, 1.54) is 0 Å². The summed E-state index contributed by atoms with van der Waals surface area (Å²) < 4.78 is 5.23. The van der Waals surface area contributed by atoms with E-state index in [9.17, 15) is 0 Å². The summed E-state index contributed by atoms with van der Waals surface area (Å²) in [4.78, 5) is 4.37. The summed E-state index contributed by atoms with van der Waals surface area (Å²) in [6.07, 6.45) is 2.75. The molecule has 4 heteroatoms. The minimum Gasteiger partial charge on any atom is -0.497 e. The van der Waals surface area contributed by atoms with Crippen LogP contribution in [-0.2, 0) is 0 Å². The molecular weight excluding hydrogens is 262 g/mol. The number of benzene rings is 1. The summed E-state index contributed by atoms with van der Waals surface area (Å²) in [5.74, 6) is 1.50. The molecule has 0 fully saturated rings. The molecule has 1 aromatic carbocycles. The molecule has 2 N–H and O–H groups in total. The number of pyridine rings is 1. The van der Waals surface area contributed by atoms with Crippen LogP contribution in [0.3, 0.4) is 0 Å². The molecule has 0 aliphatic rings. The van der Waals surface area contributed by atoms with Crippen molar-refractivity contribution in [1.29, 1.82) is 5.41 Å². The maximum Gasteiger partial charge on any atom is 0.135 e. The Balaban J connectivity index is 2.34. The van der Waals surface area contributed by atoms with E-state index in [2.05, 4.69) is 24.1 Å². The molecule has 21 heavy (non-hydrogen) atoms. The van der Waals surface area contributed by atoms with Gasteiger partial charge in [-0.3, -0.25) is 5.41 Å². The Kier molecular flexibility index (Phi) is 4.93. The predicted molar refractivity (Wildman–Crippen MR) is 86.5 cm³/mol. The van der Waals surface area contributed by atoms with Gasteiger partial charge in [-0.1, -0.05) is 19.1 Å². The molecule has 0 bridgehead atoms. The van der Waals surface area contributed by atoms with Gasteiger partial charge in [0.25, 0.3) is 0 Å². The first-order valence-electron chi connectivity index (χ1n) is 7.10. The molecule has 0 saturated heterocycles. The average Bonchev–Trinajstić information content (AvgIpc) is 2.54. The Morgan fingerprint density at radius 2 is 2.14 bits per heavy atom. The highest BCUT2D eigenvalue weighted by atomic mass is 16.5. The number of rotatable bonds is 6. The van der Waals surface area contributed by atoms with Gasteiger partial charge in [0.15, 0.2) is 0 Å². The lowest BCUT2D eigenvalue weighted by molar-refractivity contribution is 0.414. The average molecular weight is 283 g/mol. The van der Waals surface area contributed by atoms with Crippen molar-refractivity contribution in [2.75, 3.05) is 12.4 Å². The van der Waals surface area contributed by atoms with Crippen LogP contribution in [0, 0.1) is 5.41 Å². The second-order valence-electron chi connectivity index (χ2n) is 4.96. The Bertz CT molecular complexity index is 625. The summed E-state index contributed by atoms with van der Waals surface area (Å²) >= 11 is 0. The van der Waals surface area contributed by atoms with Crippen molar-refractivity contribution in [3.63, 3.8) is 0 Å². The molecule has 0 spiro atoms. The second kappa shape index (κ2) is 6.88. The van der Waals surface area contributed by atoms with Crippen molar-refractivity contribution in [2.45, 2.75) is 26.3 Å². The molecule has 0 aliphatic heterocycles. The zero-order valence-corrected chi connectivity index (χ0v) is 12.7. The molecule has 1 atom stereocenters. The van der Waals surface area contributed by atoms with Gasteiger partial charge in [0, 0.05) is 23.4 Å². The van der Waals surface area contributed by atoms with Crippen LogP contribution in [0.25, 0.3) is 0 Å². The van der Waals surface area contributed by atoms with E-state index in [1.54, 1.807) is 13.3 Å². The minimum atomic E-state index is 0.316. The summed E-state index contributed by atoms with van der Waals surface area (Å²) in [5, 5.41) is 11.8. The number of ether oxygens (including phenoxy) is 1. The topological polar surface area (TPSA) is 58.0 Å². The van der Waals surface area contributed by atoms with Crippen LogP contribution < -0.4 is 10.1 Å². The highest BCUT2D eigenvalue weighted by molar-refractivity contribution is 6.13. The van der Waals surface area contributed by atoms with Gasteiger partial charge in [-0.05, 0) is 37.6 Å². The third-order valence-electron chi connectivity index (χ3n) is 3.43. The van der Waals surface area contributed by atoms with Gasteiger partial charge in [-0.25, -0.2) is 4.98 Å². The minimum absolute atomic E-state index is 0.316. The first kappa shape index (κ1) is 15.0. The molecule has 0 saturated carbocycles. The number of hydrogen-bond acceptors (Lipinski definition) is 4. The Morgan fingerprint density at radius 1 is 1.33 bits per heavy atom. The molecular formula is C17H21N3O. The van der Waals surface area contributed by atoms with Gasteiger partial charge in [-0.15, -0.1) is 0 Å². The van der Waals surface area contributed by atoms with Crippen LogP contribution in [-0.4, -0.2) is 23.8 Å². The van der Waals surface area contributed by atoms with Crippen molar-refractivity contribution in [3.8, 4) is 5.75 Å². The number of nitrogens with one attached hydrogen (secondary N) is 2. The fourth-order valence-corrected chi connectivity index (χ4v) is 1.99. The van der Waals surface area contributed by atoms with E-state index in [0.29, 0.717) is 11.8 Å². The van der Waals surface area contributed by atoms with Crippen LogP contribution in [0.5, 0.6) is 5.75 Å². The third kappa shape index (κ3) is 3.60. The normalized spacial score (nSPS) is 11.8. The van der Waals surface area contributed by atoms with Crippen molar-refractivity contribution in [3.05, 3.63) is 53.7 Å². The Labute approximate surface area is 125 Å². The summed E-state index contributed by atoms with van der Waals surface area (Å²) in [7, 11) is 1.63. The maximum atomic E-state index is 8.45. The van der Waals surface area contributed by atoms with Crippen molar-refractivity contribution < 1.29 is 4.74 Å². The lowest BCUT2D eigenvalue weighted by Crippen LogP contribution is -2.17. The van der Waals surface area contributed by atoms with Crippen molar-refractivity contribution in [2.24, 2.45) is 0 Å². The van der Waals surface area contributed by atoms with Gasteiger partial charge in [-0.2, -0.15) is 0 Å². The summed E-state index contributed by atoms with van der Waals surface area (Å²) in [6, 6.07) is 11.6. The van der Waals surface area contributed by atoms with Crippen LogP contribution >= 0.6 is 0 Å². The quantitative estimate of drug-likeness (QED) is 0.794. The number of hydrogen-bond donors (Lipinski definition) is 2. The first-order valence-corrected chi connectivity index (χ1v) is 7.10. The zero-order valence-electron chi connectivity index (χ0n) is 12.7. The standard InChI is InChI=1S/C17H21N3O/c1-4-12(2)20-17-15(9-6-10-19-17)16(18)13-7-5-8-14(11-13)21-3/h5-12,18H,4H2,1-3H3,(H,19,20). The number of methoxy groups -OCH3 is 1. The molecule has 2 rings (SSSR count). The van der Waals surface area contributed by atoms with Gasteiger partial charge in [0.1, 0.15) is 11.6 Å². The predicted octanol–water partition coefficient (Wildman–Crippen LogP) is 3.72. The Hall–Kier alpha value is -2.36. The lowest BCUT2D eigenvalue weighted by Gasteiger charge is -2.16. The molecule has 1 heterocycles. The van der Waals surface area contributed by atoms with Crippen LogP contribution in [0.2, 0.25) is 0 Å². The van der Waals surface area contributed by atoms with Gasteiger partial charge < -0.3 is 10.1 Å². The summed E-state index contributed by atoms with van der Waals surface area (Å²) in [5.41, 5.74) is 2.05. The molecule has 0 aliphatic carbocycles. The molecule has 1 aromatic heterocycles. The molecule has 0 amide bonds. The van der Waals surface area contributed by atoms with Crippen molar-refractivity contribution >= 4 is 11.5 Å². The van der Waals surface area contributed by atoms with E-state index >= 15 is 0 Å². The monoisotopic (exact) mass is 283 g/mol. The molecule has 4 nitrogen and oxygen atoms in total. The fraction of sp³-hybridized carbons (Fsp3) is 0.294. The Morgan fingerprint density at radius 3 is 2.86 bits per heavy atom. The smallest absolute Gasteiger partial charge is 0.135 e. The molecule has 2 aromatic rings. The summed E-state index contributed by atoms with van der Waals surface area (Å²) in [6.45, 7) is 4.22. The van der Waals surface area contributed by atoms with E-state index < -0.39 is 0 Å². The fourth-order valence-electron chi connectivity index (χ4n) is 1.99. The molecule has 0 radical (unpaired) electrons. The number of nitrogens with zero attached hydrogens (tertiary/aromatic N) is 1. The zero-order chi connectivity index (χ0) is 15.2. The van der Waals surface area contributed by atoms with Gasteiger partial charge in [0.2, 0.25) is 0 Å². The van der Waals surface area contributed by atoms with Crippen LogP contribution in [0.4, 0.5) is 5.82 Å². The molecule has 110 valence electrons. The van der Waals surface area contributed by atoms with Crippen molar-refractivity contribution in [1.82, 2.24) is 4.98 Å². The van der Waals surface area contributed by atoms with Crippen LogP contribution in [0.1, 0.15) is 31.4 Å². The van der Waals surface area contributed by atoms with E-state index in [1.807, 2.05) is 36.4 Å². The SMILES string of the molecule is CCC(C)Nc1ncccc1C(=N)c1cccc(OC)c1. The first-order chi connectivity index (χ1) is 10.2. The number of aromatic nitrogens is 1. The molecule has 1 unspecified atom stereocenters. The highest BCUT2D eigenvalue weighted by Gasteiger charge is 2.12. The number of anilines is 1. The van der Waals surface area contributed by atoms with Gasteiger partial charge in [0.05, 0.1) is 12.8 Å². The largest absolute Gasteiger partial charge is 0.497 e. The maximum absolute atomic E-state index is 8.45. The lowest BCUT2D eigenvalue weighted by atomic mass is 10.0. The third-order valence-corrected chi connectivity index (χ3v) is 3.43. The highest BCUT2D eigenvalue weighted by Crippen LogP contribution is 2.20. The van der Waals surface area contributed by atoms with Crippen LogP contribution in [0.15, 0.2) is 42.6 Å². The van der Waals surface area contributed by atoms with E-state index in [-0.39, 0.29) is 0 Å². The van der Waals surface area contributed by atoms with E-state index in [4.69, 9.17) is 10.1 Å².